The summed E-state index contributed by atoms with van der Waals surface area (Å²) in [5, 5.41) is 0. The minimum atomic E-state index is -0.429. The highest BCUT2D eigenvalue weighted by molar-refractivity contribution is 6.19. The lowest BCUT2D eigenvalue weighted by Crippen LogP contribution is -2.44. The number of ether oxygens (including phenoxy) is 2. The van der Waals surface area contributed by atoms with Gasteiger partial charge in [-0.2, -0.15) is 0 Å². The number of aryl methyl sites for hydroxylation is 1. The first kappa shape index (κ1) is 23.8. The molecule has 0 N–H and O–H groups in total. The second kappa shape index (κ2) is 9.09. The smallest absolute Gasteiger partial charge is 0.252 e. The quantitative estimate of drug-likeness (QED) is 0.556. The molecule has 1 aliphatic carbocycles. The van der Waals surface area contributed by atoms with Crippen LogP contribution in [0, 0.1) is 30.1 Å². The zero-order chi connectivity index (χ0) is 25.7. The van der Waals surface area contributed by atoms with E-state index < -0.39 is 5.41 Å². The van der Waals surface area contributed by atoms with Crippen molar-refractivity contribution in [2.75, 3.05) is 33.9 Å². The van der Waals surface area contributed by atoms with Crippen LogP contribution >= 0.6 is 0 Å². The number of hydrogen-bond donors (Lipinski definition) is 0. The Morgan fingerprint density at radius 3 is 2.65 bits per heavy atom. The Labute approximate surface area is 219 Å². The van der Waals surface area contributed by atoms with Gasteiger partial charge in [0, 0.05) is 32.0 Å². The molecule has 2 aromatic carbocycles. The molecule has 4 unspecified atom stereocenters. The molecule has 1 spiro atoms. The molecule has 3 heterocycles. The molecule has 1 saturated carbocycles. The molecule has 37 heavy (non-hydrogen) atoms. The molecule has 4 atom stereocenters. The summed E-state index contributed by atoms with van der Waals surface area (Å²) in [6.07, 6.45) is 3.88. The number of allylic oxidation sites excluding steroid dienone is 1. The molecule has 4 aliphatic rings. The van der Waals surface area contributed by atoms with Crippen LogP contribution < -0.4 is 4.74 Å². The molecule has 6 nitrogen and oxygen atoms in total. The Bertz CT molecular complexity index is 1310. The highest BCUT2D eigenvalue weighted by Crippen LogP contribution is 2.72. The predicted octanol–water partition coefficient (Wildman–Crippen LogP) is 5.12. The van der Waals surface area contributed by atoms with E-state index in [1.165, 1.54) is 0 Å². The lowest BCUT2D eigenvalue weighted by atomic mass is 9.87. The van der Waals surface area contributed by atoms with Crippen molar-refractivity contribution in [3.05, 3.63) is 83.3 Å². The van der Waals surface area contributed by atoms with Crippen LogP contribution in [0.5, 0.6) is 5.75 Å². The Hall–Kier alpha value is -3.54. The van der Waals surface area contributed by atoms with Gasteiger partial charge in [-0.3, -0.25) is 4.79 Å². The lowest BCUT2D eigenvalue weighted by Gasteiger charge is -2.34. The number of likely N-dealkylation sites (tertiary alicyclic amines) is 1. The van der Waals surface area contributed by atoms with E-state index >= 15 is 0 Å². The standard InChI is InChI=1S/C31H35N3O3/c1-20-11-8-9-15-24(20)37-19-22-12-10-16-34(18-22)29(35)27-28(23-13-6-5-7-14-23)33(3)30-31(27)21(2)26(31)25(36-4)17-32-30/h5-9,11,13-15,17,21-22,26H,10,12,16,18-19H2,1-4H3. The minimum Gasteiger partial charge on any atom is -0.499 e. The molecular weight excluding hydrogens is 462 g/mol. The maximum absolute atomic E-state index is 14.5. The number of carbonyl (C=O) groups excluding carboxylic acids is 1. The zero-order valence-electron chi connectivity index (χ0n) is 22.1. The molecule has 0 radical (unpaired) electrons. The third-order valence-corrected chi connectivity index (χ3v) is 8.77. The minimum absolute atomic E-state index is 0.128. The van der Waals surface area contributed by atoms with Gasteiger partial charge in [0.1, 0.15) is 17.3 Å². The summed E-state index contributed by atoms with van der Waals surface area (Å²) in [6.45, 7) is 6.38. The van der Waals surface area contributed by atoms with Crippen molar-refractivity contribution in [1.29, 1.82) is 0 Å². The van der Waals surface area contributed by atoms with Crippen LogP contribution in [0.4, 0.5) is 0 Å². The van der Waals surface area contributed by atoms with Gasteiger partial charge in [0.05, 0.1) is 36.6 Å². The van der Waals surface area contributed by atoms with Gasteiger partial charge >= 0.3 is 0 Å². The summed E-state index contributed by atoms with van der Waals surface area (Å²) >= 11 is 0. The van der Waals surface area contributed by atoms with Gasteiger partial charge in [0.25, 0.3) is 5.91 Å². The van der Waals surface area contributed by atoms with Crippen molar-refractivity contribution < 1.29 is 14.3 Å². The molecule has 1 amide bonds. The molecule has 3 aliphatic heterocycles. The number of rotatable bonds is 6. The first-order valence-corrected chi connectivity index (χ1v) is 13.3. The number of amides is 1. The Balaban J connectivity index is 1.33. The van der Waals surface area contributed by atoms with Crippen LogP contribution in [0.15, 0.2) is 77.1 Å². The summed E-state index contributed by atoms with van der Waals surface area (Å²) in [6, 6.07) is 18.4. The molecule has 2 aromatic rings. The van der Waals surface area contributed by atoms with E-state index in [2.05, 4.69) is 41.8 Å². The monoisotopic (exact) mass is 497 g/mol. The Kier molecular flexibility index (Phi) is 5.85. The number of hydrogen-bond acceptors (Lipinski definition) is 5. The number of carbonyl (C=O) groups is 1. The average Bonchev–Trinajstić information content (AvgIpc) is 3.45. The molecule has 1 saturated heterocycles. The van der Waals surface area contributed by atoms with Crippen molar-refractivity contribution in [2.24, 2.45) is 28.2 Å². The fraction of sp³-hybridized carbons (Fsp3) is 0.419. The molecule has 6 rings (SSSR count). The average molecular weight is 498 g/mol. The van der Waals surface area contributed by atoms with E-state index in [1.807, 2.05) is 49.6 Å². The topological polar surface area (TPSA) is 54.4 Å². The Morgan fingerprint density at radius 2 is 1.89 bits per heavy atom. The fourth-order valence-electron chi connectivity index (χ4n) is 6.88. The zero-order valence-corrected chi connectivity index (χ0v) is 22.1. The summed E-state index contributed by atoms with van der Waals surface area (Å²) in [7, 11) is 3.75. The van der Waals surface area contributed by atoms with Crippen molar-refractivity contribution in [1.82, 2.24) is 9.80 Å². The van der Waals surface area contributed by atoms with Gasteiger partial charge in [0.2, 0.25) is 0 Å². The molecule has 0 aromatic heterocycles. The number of aliphatic imine (C=N–C) groups is 1. The van der Waals surface area contributed by atoms with E-state index in [0.717, 1.165) is 59.1 Å². The third kappa shape index (κ3) is 3.60. The summed E-state index contributed by atoms with van der Waals surface area (Å²) in [5.41, 5.74) is 3.61. The van der Waals surface area contributed by atoms with E-state index in [1.54, 1.807) is 7.11 Å². The van der Waals surface area contributed by atoms with Gasteiger partial charge in [-0.1, -0.05) is 55.5 Å². The van der Waals surface area contributed by atoms with Crippen LogP contribution in [0.1, 0.15) is 30.9 Å². The van der Waals surface area contributed by atoms with Crippen molar-refractivity contribution in [3.8, 4) is 5.75 Å². The van der Waals surface area contributed by atoms with Crippen LogP contribution in [0.2, 0.25) is 0 Å². The first-order valence-electron chi connectivity index (χ1n) is 13.3. The van der Waals surface area contributed by atoms with Gasteiger partial charge < -0.3 is 19.3 Å². The summed E-state index contributed by atoms with van der Waals surface area (Å²) in [4.78, 5) is 23.6. The summed E-state index contributed by atoms with van der Waals surface area (Å²) < 4.78 is 11.9. The van der Waals surface area contributed by atoms with E-state index in [-0.39, 0.29) is 17.7 Å². The van der Waals surface area contributed by atoms with Crippen LogP contribution in [-0.2, 0) is 9.53 Å². The first-order chi connectivity index (χ1) is 18.0. The number of piperidine rings is 1. The molecular formula is C31H35N3O3. The second-order valence-electron chi connectivity index (χ2n) is 10.8. The summed E-state index contributed by atoms with van der Waals surface area (Å²) in [5.74, 6) is 3.56. The number of para-hydroxylation sites is 1. The number of methoxy groups -OCH3 is 1. The fourth-order valence-corrected chi connectivity index (χ4v) is 6.88. The molecule has 2 fully saturated rings. The van der Waals surface area contributed by atoms with Gasteiger partial charge in [0.15, 0.2) is 0 Å². The normalized spacial score (nSPS) is 28.3. The predicted molar refractivity (Wildman–Crippen MR) is 145 cm³/mol. The SMILES string of the molecule is COC1=CN=C2N(C)C(c3ccccc3)=C(C(=O)N3CCCC(COc4ccccc4C)C3)C23C(C)C13. The van der Waals surface area contributed by atoms with Gasteiger partial charge in [-0.15, -0.1) is 0 Å². The maximum Gasteiger partial charge on any atom is 0.252 e. The number of benzene rings is 2. The number of amidine groups is 1. The van der Waals surface area contributed by atoms with E-state index in [4.69, 9.17) is 14.5 Å². The molecule has 192 valence electrons. The van der Waals surface area contributed by atoms with Crippen LogP contribution in [0.25, 0.3) is 5.70 Å². The Morgan fingerprint density at radius 1 is 1.14 bits per heavy atom. The highest BCUT2D eigenvalue weighted by atomic mass is 16.5. The molecule has 0 bridgehead atoms. The van der Waals surface area contributed by atoms with Crippen LogP contribution in [0.3, 0.4) is 0 Å². The van der Waals surface area contributed by atoms with Crippen molar-refractivity contribution in [3.63, 3.8) is 0 Å². The highest BCUT2D eigenvalue weighted by Gasteiger charge is 2.75. The van der Waals surface area contributed by atoms with Crippen molar-refractivity contribution in [2.45, 2.75) is 26.7 Å². The van der Waals surface area contributed by atoms with Crippen molar-refractivity contribution >= 4 is 17.4 Å². The molecule has 6 heteroatoms. The van der Waals surface area contributed by atoms with Gasteiger partial charge in [-0.05, 0) is 42.9 Å². The van der Waals surface area contributed by atoms with E-state index in [9.17, 15) is 4.79 Å². The van der Waals surface area contributed by atoms with Gasteiger partial charge in [-0.25, -0.2) is 4.99 Å². The van der Waals surface area contributed by atoms with E-state index in [0.29, 0.717) is 19.1 Å². The maximum atomic E-state index is 14.5. The largest absolute Gasteiger partial charge is 0.499 e. The third-order valence-electron chi connectivity index (χ3n) is 8.77. The second-order valence-corrected chi connectivity index (χ2v) is 10.8. The lowest BCUT2D eigenvalue weighted by molar-refractivity contribution is -0.129. The van der Waals surface area contributed by atoms with Crippen LogP contribution in [-0.4, -0.2) is 55.4 Å². The number of nitrogens with zero attached hydrogens (tertiary/aromatic N) is 3.